The van der Waals surface area contributed by atoms with Crippen molar-refractivity contribution < 1.29 is 18.3 Å². The number of hydrogen-bond acceptors (Lipinski definition) is 3. The van der Waals surface area contributed by atoms with Crippen molar-refractivity contribution in [2.24, 2.45) is 0 Å². The van der Waals surface area contributed by atoms with Crippen molar-refractivity contribution in [2.75, 3.05) is 11.1 Å². The molecule has 0 aliphatic heterocycles. The zero-order valence-electron chi connectivity index (χ0n) is 6.76. The molecule has 0 spiro atoms. The van der Waals surface area contributed by atoms with Crippen LogP contribution in [0.1, 0.15) is 10.5 Å². The van der Waals surface area contributed by atoms with Crippen LogP contribution in [0.3, 0.4) is 0 Å². The van der Waals surface area contributed by atoms with Gasteiger partial charge in [-0.3, -0.25) is 0 Å². The maximum atomic E-state index is 10.7. The minimum Gasteiger partial charge on any atom is -0.477 e. The third-order valence-corrected chi connectivity index (χ3v) is 1.76. The summed E-state index contributed by atoms with van der Waals surface area (Å²) >= 11 is 0. The molecule has 1 aromatic heterocycles. The first kappa shape index (κ1) is 9.59. The molecule has 2 N–H and O–H groups in total. The summed E-state index contributed by atoms with van der Waals surface area (Å²) in [5.41, 5.74) is -0.134. The van der Waals surface area contributed by atoms with Gasteiger partial charge in [0, 0.05) is 6.20 Å². The predicted octanol–water partition coefficient (Wildman–Crippen LogP) is -0.311. The van der Waals surface area contributed by atoms with Crippen LogP contribution >= 0.6 is 0 Å². The third-order valence-electron chi connectivity index (χ3n) is 1.23. The Kier molecular flexibility index (Phi) is 2.28. The normalized spacial score (nSPS) is 11.2. The molecule has 0 amide bonds. The summed E-state index contributed by atoms with van der Waals surface area (Å²) in [5, 5.41) is 8.60. The maximum Gasteiger partial charge on any atom is 0.354 e. The van der Waals surface area contributed by atoms with E-state index in [1.165, 1.54) is 18.3 Å². The lowest BCUT2D eigenvalue weighted by molar-refractivity contribution is 0.0687. The monoisotopic (exact) mass is 204 g/mol. The SMILES string of the molecule is CS(=O)(=O)Nn1cccc1C(=O)O. The average Bonchev–Trinajstić information content (AvgIpc) is 2.31. The van der Waals surface area contributed by atoms with E-state index in [4.69, 9.17) is 5.11 Å². The van der Waals surface area contributed by atoms with E-state index in [1.54, 1.807) is 0 Å². The van der Waals surface area contributed by atoms with Gasteiger partial charge in [0.25, 0.3) is 0 Å². The standard InChI is InChI=1S/C6H8N2O4S/c1-13(11,12)7-8-4-2-3-5(8)6(9)10/h2-4,7H,1H3,(H,9,10). The molecular weight excluding hydrogens is 196 g/mol. The molecule has 0 radical (unpaired) electrons. The van der Waals surface area contributed by atoms with E-state index in [0.717, 1.165) is 10.9 Å². The van der Waals surface area contributed by atoms with Gasteiger partial charge in [-0.15, -0.1) is 0 Å². The number of rotatable bonds is 3. The molecule has 0 fully saturated rings. The van der Waals surface area contributed by atoms with Crippen molar-refractivity contribution in [3.8, 4) is 0 Å². The molecule has 6 nitrogen and oxygen atoms in total. The lowest BCUT2D eigenvalue weighted by Crippen LogP contribution is -2.24. The van der Waals surface area contributed by atoms with Gasteiger partial charge >= 0.3 is 5.97 Å². The Bertz CT molecular complexity index is 420. The molecular formula is C6H8N2O4S. The van der Waals surface area contributed by atoms with Gasteiger partial charge in [0.1, 0.15) is 5.69 Å². The number of sulfonamides is 1. The van der Waals surface area contributed by atoms with E-state index < -0.39 is 16.0 Å². The average molecular weight is 204 g/mol. The topological polar surface area (TPSA) is 88.4 Å². The minimum atomic E-state index is -3.45. The molecule has 0 bridgehead atoms. The summed E-state index contributed by atoms with van der Waals surface area (Å²) in [6.45, 7) is 0. The van der Waals surface area contributed by atoms with Crippen LogP contribution < -0.4 is 4.83 Å². The summed E-state index contributed by atoms with van der Waals surface area (Å²) in [7, 11) is -3.45. The molecule has 1 rings (SSSR count). The van der Waals surface area contributed by atoms with E-state index in [1.807, 2.05) is 4.83 Å². The fourth-order valence-electron chi connectivity index (χ4n) is 0.813. The Hall–Kier alpha value is -1.50. The van der Waals surface area contributed by atoms with Crippen molar-refractivity contribution in [1.82, 2.24) is 4.68 Å². The second kappa shape index (κ2) is 3.09. The Morgan fingerprint density at radius 3 is 2.69 bits per heavy atom. The fourth-order valence-corrected chi connectivity index (χ4v) is 1.33. The highest BCUT2D eigenvalue weighted by atomic mass is 32.2. The molecule has 1 heterocycles. The van der Waals surface area contributed by atoms with Crippen molar-refractivity contribution in [2.45, 2.75) is 0 Å². The molecule has 7 heteroatoms. The molecule has 0 saturated carbocycles. The van der Waals surface area contributed by atoms with Gasteiger partial charge in [-0.25, -0.2) is 22.7 Å². The molecule has 0 saturated heterocycles. The summed E-state index contributed by atoms with van der Waals surface area (Å²) in [5.74, 6) is -1.19. The largest absolute Gasteiger partial charge is 0.477 e. The number of aromatic carboxylic acids is 1. The van der Waals surface area contributed by atoms with Crippen LogP contribution in [0, 0.1) is 0 Å². The Morgan fingerprint density at radius 2 is 2.23 bits per heavy atom. The number of aromatic nitrogens is 1. The second-order valence-corrected chi connectivity index (χ2v) is 4.16. The molecule has 0 unspecified atom stereocenters. The van der Waals surface area contributed by atoms with Gasteiger partial charge in [-0.2, -0.15) is 0 Å². The second-order valence-electron chi connectivity index (χ2n) is 2.43. The number of carbonyl (C=O) groups is 1. The first-order valence-electron chi connectivity index (χ1n) is 3.28. The van der Waals surface area contributed by atoms with Gasteiger partial charge in [-0.1, -0.05) is 0 Å². The van der Waals surface area contributed by atoms with Gasteiger partial charge in [0.05, 0.1) is 6.26 Å². The highest BCUT2D eigenvalue weighted by Crippen LogP contribution is 2.00. The van der Waals surface area contributed by atoms with Gasteiger partial charge in [0.15, 0.2) is 0 Å². The van der Waals surface area contributed by atoms with Crippen LogP contribution in [0.25, 0.3) is 0 Å². The van der Waals surface area contributed by atoms with Crippen LogP contribution in [0.5, 0.6) is 0 Å². The van der Waals surface area contributed by atoms with Crippen LogP contribution in [0.4, 0.5) is 0 Å². The summed E-state index contributed by atoms with van der Waals surface area (Å²) in [4.78, 5) is 12.5. The number of carboxylic acids is 1. The smallest absolute Gasteiger partial charge is 0.354 e. The van der Waals surface area contributed by atoms with E-state index in [9.17, 15) is 13.2 Å². The molecule has 0 atom stereocenters. The Labute approximate surface area is 74.8 Å². The summed E-state index contributed by atoms with van der Waals surface area (Å²) in [6, 6.07) is 2.72. The van der Waals surface area contributed by atoms with Gasteiger partial charge in [-0.05, 0) is 12.1 Å². The van der Waals surface area contributed by atoms with E-state index in [0.29, 0.717) is 0 Å². The first-order chi connectivity index (χ1) is 5.90. The molecule has 13 heavy (non-hydrogen) atoms. The predicted molar refractivity (Wildman–Crippen MR) is 45.6 cm³/mol. The molecule has 72 valence electrons. The van der Waals surface area contributed by atoms with E-state index >= 15 is 0 Å². The van der Waals surface area contributed by atoms with Crippen LogP contribution in [-0.2, 0) is 10.0 Å². The minimum absolute atomic E-state index is 0.134. The van der Waals surface area contributed by atoms with Crippen molar-refractivity contribution >= 4 is 16.0 Å². The highest BCUT2D eigenvalue weighted by molar-refractivity contribution is 7.91. The molecule has 0 aromatic carbocycles. The van der Waals surface area contributed by atoms with Crippen LogP contribution in [-0.4, -0.2) is 30.4 Å². The van der Waals surface area contributed by atoms with Gasteiger partial charge in [0.2, 0.25) is 10.0 Å². The van der Waals surface area contributed by atoms with Gasteiger partial charge < -0.3 is 5.11 Å². The molecule has 1 aromatic rings. The highest BCUT2D eigenvalue weighted by Gasteiger charge is 2.10. The number of nitrogens with zero attached hydrogens (tertiary/aromatic N) is 1. The third kappa shape index (κ3) is 2.48. The first-order valence-corrected chi connectivity index (χ1v) is 5.18. The van der Waals surface area contributed by atoms with Crippen molar-refractivity contribution in [1.29, 1.82) is 0 Å². The van der Waals surface area contributed by atoms with Crippen molar-refractivity contribution in [3.63, 3.8) is 0 Å². The van der Waals surface area contributed by atoms with Crippen molar-refractivity contribution in [3.05, 3.63) is 24.0 Å². The Balaban J connectivity index is 3.02. The lowest BCUT2D eigenvalue weighted by atomic mass is 10.4. The van der Waals surface area contributed by atoms with E-state index in [-0.39, 0.29) is 5.69 Å². The Morgan fingerprint density at radius 1 is 1.62 bits per heavy atom. The van der Waals surface area contributed by atoms with Crippen LogP contribution in [0.15, 0.2) is 18.3 Å². The van der Waals surface area contributed by atoms with E-state index in [2.05, 4.69) is 0 Å². The number of hydrogen-bond donors (Lipinski definition) is 2. The number of carboxylic acid groups (broad SMARTS) is 1. The van der Waals surface area contributed by atoms with Crippen LogP contribution in [0.2, 0.25) is 0 Å². The summed E-state index contributed by atoms with van der Waals surface area (Å²) in [6.07, 6.45) is 2.25. The number of nitrogens with one attached hydrogen (secondary N) is 1. The quantitative estimate of drug-likeness (QED) is 0.706. The molecule has 0 aliphatic carbocycles. The maximum absolute atomic E-state index is 10.7. The zero-order chi connectivity index (χ0) is 10.1. The zero-order valence-corrected chi connectivity index (χ0v) is 7.58. The lowest BCUT2D eigenvalue weighted by Gasteiger charge is -2.06. The fraction of sp³-hybridized carbons (Fsp3) is 0.167. The molecule has 0 aliphatic rings. The summed E-state index contributed by atoms with van der Waals surface area (Å²) < 4.78 is 22.4.